The maximum atomic E-state index is 11.4. The standard InChI is InChI=1S/C12H16N2O2S/c13-17(15,16)12-9-5-4-8-11(12)14-10-6-2-1-3-7-10/h1-2,4-5,8-10,14H,3,6-7H2,(H2,13,15,16). The first-order valence-electron chi connectivity index (χ1n) is 5.61. The van der Waals surface area contributed by atoms with E-state index in [1.807, 2.05) is 0 Å². The van der Waals surface area contributed by atoms with Crippen molar-refractivity contribution in [1.82, 2.24) is 0 Å². The van der Waals surface area contributed by atoms with E-state index >= 15 is 0 Å². The summed E-state index contributed by atoms with van der Waals surface area (Å²) in [6.45, 7) is 0. The molecule has 0 aliphatic heterocycles. The van der Waals surface area contributed by atoms with Crippen molar-refractivity contribution >= 4 is 15.7 Å². The zero-order valence-electron chi connectivity index (χ0n) is 9.46. The number of nitrogens with two attached hydrogens (primary N) is 1. The van der Waals surface area contributed by atoms with Crippen LogP contribution in [-0.4, -0.2) is 14.5 Å². The van der Waals surface area contributed by atoms with Gasteiger partial charge in [0.1, 0.15) is 4.90 Å². The SMILES string of the molecule is NS(=O)(=O)c1ccccc1NC1CC=CCC1. The average Bonchev–Trinajstić information content (AvgIpc) is 2.30. The molecule has 1 aliphatic carbocycles. The molecular formula is C12H16N2O2S. The van der Waals surface area contributed by atoms with Gasteiger partial charge in [-0.05, 0) is 31.4 Å². The predicted octanol–water partition coefficient (Wildman–Crippen LogP) is 1.85. The molecule has 0 bridgehead atoms. The highest BCUT2D eigenvalue weighted by atomic mass is 32.2. The van der Waals surface area contributed by atoms with Crippen molar-refractivity contribution in [3.63, 3.8) is 0 Å². The zero-order valence-corrected chi connectivity index (χ0v) is 10.3. The summed E-state index contributed by atoms with van der Waals surface area (Å²) in [6, 6.07) is 7.03. The van der Waals surface area contributed by atoms with Gasteiger partial charge < -0.3 is 5.32 Å². The minimum atomic E-state index is -3.66. The molecule has 1 aromatic carbocycles. The molecule has 1 aromatic rings. The van der Waals surface area contributed by atoms with Crippen LogP contribution >= 0.6 is 0 Å². The molecule has 0 aromatic heterocycles. The lowest BCUT2D eigenvalue weighted by atomic mass is 10.0. The fourth-order valence-corrected chi connectivity index (χ4v) is 2.68. The van der Waals surface area contributed by atoms with Gasteiger partial charge in [0.2, 0.25) is 10.0 Å². The third-order valence-corrected chi connectivity index (χ3v) is 3.79. The lowest BCUT2D eigenvalue weighted by Gasteiger charge is -2.21. The minimum Gasteiger partial charge on any atom is -0.381 e. The van der Waals surface area contributed by atoms with Crippen LogP contribution in [-0.2, 0) is 10.0 Å². The third-order valence-electron chi connectivity index (χ3n) is 2.82. The minimum absolute atomic E-state index is 0.162. The van der Waals surface area contributed by atoms with E-state index in [0.717, 1.165) is 19.3 Å². The normalized spacial score (nSPS) is 20.2. The third kappa shape index (κ3) is 3.08. The van der Waals surface area contributed by atoms with Crippen LogP contribution in [0.2, 0.25) is 0 Å². The number of sulfonamides is 1. The molecule has 3 N–H and O–H groups in total. The van der Waals surface area contributed by atoms with Crippen molar-refractivity contribution in [3.05, 3.63) is 36.4 Å². The Labute approximate surface area is 102 Å². The number of nitrogens with one attached hydrogen (secondary N) is 1. The van der Waals surface area contributed by atoms with Gasteiger partial charge in [0.25, 0.3) is 0 Å². The van der Waals surface area contributed by atoms with Gasteiger partial charge in [-0.25, -0.2) is 13.6 Å². The van der Waals surface area contributed by atoms with E-state index in [9.17, 15) is 8.42 Å². The van der Waals surface area contributed by atoms with Crippen molar-refractivity contribution in [2.45, 2.75) is 30.2 Å². The second-order valence-electron chi connectivity index (χ2n) is 4.17. The number of benzene rings is 1. The molecular weight excluding hydrogens is 236 g/mol. The Balaban J connectivity index is 2.24. The van der Waals surface area contributed by atoms with Crippen LogP contribution in [0.3, 0.4) is 0 Å². The molecule has 2 rings (SSSR count). The molecule has 1 unspecified atom stereocenters. The first-order valence-corrected chi connectivity index (χ1v) is 7.15. The van der Waals surface area contributed by atoms with Gasteiger partial charge >= 0.3 is 0 Å². The lowest BCUT2D eigenvalue weighted by Crippen LogP contribution is -2.23. The molecule has 1 atom stereocenters. The summed E-state index contributed by atoms with van der Waals surface area (Å²) in [5.74, 6) is 0. The monoisotopic (exact) mass is 252 g/mol. The summed E-state index contributed by atoms with van der Waals surface area (Å²) in [5, 5.41) is 8.43. The van der Waals surface area contributed by atoms with E-state index in [4.69, 9.17) is 5.14 Å². The molecule has 0 fully saturated rings. The van der Waals surface area contributed by atoms with Crippen molar-refractivity contribution in [3.8, 4) is 0 Å². The van der Waals surface area contributed by atoms with E-state index in [2.05, 4.69) is 17.5 Å². The first-order chi connectivity index (χ1) is 8.07. The maximum absolute atomic E-state index is 11.4. The summed E-state index contributed by atoms with van der Waals surface area (Å²) in [5.41, 5.74) is 0.593. The van der Waals surface area contributed by atoms with Gasteiger partial charge in [-0.2, -0.15) is 0 Å². The molecule has 1 aliphatic rings. The van der Waals surface area contributed by atoms with E-state index in [1.165, 1.54) is 6.07 Å². The molecule has 0 saturated heterocycles. The Morgan fingerprint density at radius 2 is 2.00 bits per heavy atom. The second kappa shape index (κ2) is 4.89. The Morgan fingerprint density at radius 3 is 2.65 bits per heavy atom. The number of primary sulfonamides is 1. The Bertz CT molecular complexity index is 523. The van der Waals surface area contributed by atoms with Crippen molar-refractivity contribution in [2.24, 2.45) is 5.14 Å². The summed E-state index contributed by atoms with van der Waals surface area (Å²) in [7, 11) is -3.66. The number of hydrogen-bond donors (Lipinski definition) is 2. The lowest BCUT2D eigenvalue weighted by molar-refractivity contribution is 0.597. The summed E-state index contributed by atoms with van der Waals surface area (Å²) < 4.78 is 22.8. The average molecular weight is 252 g/mol. The highest BCUT2D eigenvalue weighted by molar-refractivity contribution is 7.89. The fraction of sp³-hybridized carbons (Fsp3) is 0.333. The van der Waals surface area contributed by atoms with Gasteiger partial charge in [0, 0.05) is 6.04 Å². The second-order valence-corrected chi connectivity index (χ2v) is 5.70. The topological polar surface area (TPSA) is 72.2 Å². The molecule has 0 heterocycles. The summed E-state index contributed by atoms with van der Waals surface area (Å²) in [4.78, 5) is 0.162. The van der Waals surface area contributed by atoms with Crippen LogP contribution in [0.4, 0.5) is 5.69 Å². The molecule has 5 heteroatoms. The van der Waals surface area contributed by atoms with E-state index in [1.54, 1.807) is 18.2 Å². The van der Waals surface area contributed by atoms with Crippen molar-refractivity contribution in [1.29, 1.82) is 0 Å². The maximum Gasteiger partial charge on any atom is 0.240 e. The van der Waals surface area contributed by atoms with Crippen LogP contribution < -0.4 is 10.5 Å². The van der Waals surface area contributed by atoms with Gasteiger partial charge in [-0.3, -0.25) is 0 Å². The van der Waals surface area contributed by atoms with E-state index < -0.39 is 10.0 Å². The van der Waals surface area contributed by atoms with Gasteiger partial charge in [0.15, 0.2) is 0 Å². The molecule has 0 amide bonds. The van der Waals surface area contributed by atoms with Gasteiger partial charge in [-0.15, -0.1) is 0 Å². The fourth-order valence-electron chi connectivity index (χ4n) is 1.98. The number of hydrogen-bond acceptors (Lipinski definition) is 3. The smallest absolute Gasteiger partial charge is 0.240 e. The molecule has 17 heavy (non-hydrogen) atoms. The Hall–Kier alpha value is -1.33. The summed E-state index contributed by atoms with van der Waals surface area (Å²) in [6.07, 6.45) is 7.20. The predicted molar refractivity (Wildman–Crippen MR) is 68.2 cm³/mol. The van der Waals surface area contributed by atoms with Crippen LogP contribution in [0.1, 0.15) is 19.3 Å². The van der Waals surface area contributed by atoms with Crippen LogP contribution in [0.5, 0.6) is 0 Å². The Morgan fingerprint density at radius 1 is 1.24 bits per heavy atom. The number of anilines is 1. The molecule has 4 nitrogen and oxygen atoms in total. The quantitative estimate of drug-likeness (QED) is 0.806. The number of rotatable bonds is 3. The van der Waals surface area contributed by atoms with E-state index in [0.29, 0.717) is 5.69 Å². The van der Waals surface area contributed by atoms with Crippen LogP contribution in [0.25, 0.3) is 0 Å². The zero-order chi connectivity index (χ0) is 12.3. The number of para-hydroxylation sites is 1. The highest BCUT2D eigenvalue weighted by Gasteiger charge is 2.16. The summed E-state index contributed by atoms with van der Waals surface area (Å²) >= 11 is 0. The Kier molecular flexibility index (Phi) is 3.49. The molecule has 0 spiro atoms. The molecule has 0 saturated carbocycles. The van der Waals surface area contributed by atoms with Crippen LogP contribution in [0.15, 0.2) is 41.3 Å². The highest BCUT2D eigenvalue weighted by Crippen LogP contribution is 2.23. The largest absolute Gasteiger partial charge is 0.381 e. The van der Waals surface area contributed by atoms with Gasteiger partial charge in [-0.1, -0.05) is 24.3 Å². The first kappa shape index (κ1) is 12.1. The van der Waals surface area contributed by atoms with Gasteiger partial charge in [0.05, 0.1) is 5.69 Å². The van der Waals surface area contributed by atoms with Crippen molar-refractivity contribution < 1.29 is 8.42 Å². The molecule has 0 radical (unpaired) electrons. The van der Waals surface area contributed by atoms with Crippen LogP contribution in [0, 0.1) is 0 Å². The molecule has 92 valence electrons. The van der Waals surface area contributed by atoms with E-state index in [-0.39, 0.29) is 10.9 Å². The van der Waals surface area contributed by atoms with Crippen molar-refractivity contribution in [2.75, 3.05) is 5.32 Å². The number of allylic oxidation sites excluding steroid dienone is 1.